The van der Waals surface area contributed by atoms with Gasteiger partial charge in [0, 0.05) is 14.1 Å². The van der Waals surface area contributed by atoms with Gasteiger partial charge < -0.3 is 0 Å². The first-order chi connectivity index (χ1) is 10.1. The normalized spacial score (nSPS) is 12.0. The monoisotopic (exact) mass is 336 g/mol. The molecule has 0 N–H and O–H groups in total. The van der Waals surface area contributed by atoms with E-state index in [2.05, 4.69) is 79.0 Å². The van der Waals surface area contributed by atoms with Gasteiger partial charge >= 0.3 is 0 Å². The van der Waals surface area contributed by atoms with Gasteiger partial charge in [0.15, 0.2) is 0 Å². The minimum atomic E-state index is -0.340. The average Bonchev–Trinajstić information content (AvgIpc) is 2.79. The van der Waals surface area contributed by atoms with Gasteiger partial charge in [-0.15, -0.1) is 0 Å². The fourth-order valence-corrected chi connectivity index (χ4v) is 9.03. The van der Waals surface area contributed by atoms with Gasteiger partial charge in [0.25, 0.3) is 0 Å². The SMILES string of the molecule is Cc1c(C)c(C)p(N(C)N(C)p2c(C)c(C)c(C)c2C)c1C. The van der Waals surface area contributed by atoms with E-state index in [0.717, 1.165) is 0 Å². The molecule has 0 atom stereocenters. The minimum Gasteiger partial charge on any atom is -0.192 e. The summed E-state index contributed by atoms with van der Waals surface area (Å²) in [6, 6.07) is 0. The molecule has 2 heterocycles. The molecule has 0 bridgehead atoms. The molecule has 0 spiro atoms. The summed E-state index contributed by atoms with van der Waals surface area (Å²) in [4.78, 5) is 0. The van der Waals surface area contributed by atoms with Crippen LogP contribution in [0.5, 0.6) is 0 Å². The van der Waals surface area contributed by atoms with Crippen molar-refractivity contribution in [2.24, 2.45) is 0 Å². The number of hydrogen-bond acceptors (Lipinski definition) is 2. The summed E-state index contributed by atoms with van der Waals surface area (Å²) < 4.78 is 5.04. The molecule has 2 rings (SSSR count). The van der Waals surface area contributed by atoms with Gasteiger partial charge in [-0.3, -0.25) is 0 Å². The molecule has 0 saturated carbocycles. The molecule has 0 aromatic carbocycles. The minimum absolute atomic E-state index is 0.340. The van der Waals surface area contributed by atoms with E-state index in [1.54, 1.807) is 21.2 Å². The quantitative estimate of drug-likeness (QED) is 0.646. The van der Waals surface area contributed by atoms with Gasteiger partial charge in [-0.1, -0.05) is 0 Å². The van der Waals surface area contributed by atoms with E-state index in [9.17, 15) is 0 Å². The second kappa shape index (κ2) is 6.17. The summed E-state index contributed by atoms with van der Waals surface area (Å²) in [5.41, 5.74) is 5.98. The van der Waals surface area contributed by atoms with Crippen molar-refractivity contribution in [1.82, 2.24) is 0 Å². The van der Waals surface area contributed by atoms with Crippen molar-refractivity contribution >= 4 is 15.4 Å². The Bertz CT molecular complexity index is 609. The third-order valence-electron chi connectivity index (χ3n) is 5.56. The maximum Gasteiger partial charge on any atom is 0.0112 e. The zero-order chi connectivity index (χ0) is 16.9. The summed E-state index contributed by atoms with van der Waals surface area (Å²) >= 11 is 0. The summed E-state index contributed by atoms with van der Waals surface area (Å²) in [6.07, 6.45) is 0. The molecule has 0 radical (unpaired) electrons. The highest BCUT2D eigenvalue weighted by molar-refractivity contribution is 7.57. The van der Waals surface area contributed by atoms with Crippen molar-refractivity contribution in [2.45, 2.75) is 55.4 Å². The summed E-state index contributed by atoms with van der Waals surface area (Å²) in [5.74, 6) is 0. The lowest BCUT2D eigenvalue weighted by Crippen LogP contribution is -2.32. The highest BCUT2D eigenvalue weighted by Gasteiger charge is 2.23. The van der Waals surface area contributed by atoms with Crippen molar-refractivity contribution in [1.29, 1.82) is 0 Å². The lowest BCUT2D eigenvalue weighted by molar-refractivity contribution is 1.04. The van der Waals surface area contributed by atoms with Gasteiger partial charge in [0.05, 0.1) is 0 Å². The Morgan fingerprint density at radius 3 is 0.818 bits per heavy atom. The van der Waals surface area contributed by atoms with Crippen LogP contribution in [0.2, 0.25) is 0 Å². The summed E-state index contributed by atoms with van der Waals surface area (Å²) in [5, 5.41) is 6.24. The Morgan fingerprint density at radius 1 is 0.455 bits per heavy atom. The highest BCUT2D eigenvalue weighted by Crippen LogP contribution is 2.50. The standard InChI is InChI=1S/C18H30N2P2/c1-11-12(2)16(6)21(15(11)5)19(9)20(10)22-17(7)13(3)14(4)18(22)8/h1-10H3. The van der Waals surface area contributed by atoms with Crippen LogP contribution in [0.4, 0.5) is 0 Å². The molecule has 22 heavy (non-hydrogen) atoms. The van der Waals surface area contributed by atoms with Crippen molar-refractivity contribution < 1.29 is 0 Å². The molecule has 0 fully saturated rings. The van der Waals surface area contributed by atoms with E-state index in [4.69, 9.17) is 0 Å². The first-order valence-electron chi connectivity index (χ1n) is 7.89. The molecule has 0 aliphatic heterocycles. The number of rotatable bonds is 3. The van der Waals surface area contributed by atoms with Crippen LogP contribution < -0.4 is 9.56 Å². The van der Waals surface area contributed by atoms with Crippen molar-refractivity contribution in [3.63, 3.8) is 0 Å². The van der Waals surface area contributed by atoms with Gasteiger partial charge in [-0.2, -0.15) is 9.56 Å². The summed E-state index contributed by atoms with van der Waals surface area (Å²) in [7, 11) is 3.87. The van der Waals surface area contributed by atoms with E-state index in [-0.39, 0.29) is 15.4 Å². The maximum absolute atomic E-state index is 2.52. The van der Waals surface area contributed by atoms with Gasteiger partial charge in [-0.25, -0.2) is 0 Å². The number of hydrogen-bond donors (Lipinski definition) is 0. The predicted molar refractivity (Wildman–Crippen MR) is 104 cm³/mol. The molecule has 2 aromatic rings. The fraction of sp³-hybridized carbons (Fsp3) is 0.556. The average molecular weight is 336 g/mol. The van der Waals surface area contributed by atoms with Crippen LogP contribution in [0.25, 0.3) is 0 Å². The maximum atomic E-state index is 2.52. The molecular formula is C18H30N2P2. The van der Waals surface area contributed by atoms with E-state index in [1.807, 2.05) is 0 Å². The third kappa shape index (κ3) is 2.51. The molecule has 0 aliphatic carbocycles. The number of nitrogens with zero attached hydrogens (tertiary/aromatic N) is 2. The molecule has 2 aromatic heterocycles. The van der Waals surface area contributed by atoms with E-state index >= 15 is 0 Å². The first kappa shape index (κ1) is 17.8. The molecule has 122 valence electrons. The highest BCUT2D eigenvalue weighted by atomic mass is 31.1. The Morgan fingerprint density at radius 2 is 0.636 bits per heavy atom. The van der Waals surface area contributed by atoms with Gasteiger partial charge in [0.2, 0.25) is 0 Å². The molecular weight excluding hydrogens is 306 g/mol. The lowest BCUT2D eigenvalue weighted by atomic mass is 10.2. The van der Waals surface area contributed by atoms with E-state index < -0.39 is 0 Å². The third-order valence-corrected chi connectivity index (χ3v) is 11.3. The Kier molecular flexibility index (Phi) is 5.00. The van der Waals surface area contributed by atoms with E-state index in [1.165, 1.54) is 22.3 Å². The topological polar surface area (TPSA) is 6.48 Å². The predicted octanol–water partition coefficient (Wildman–Crippen LogP) is 5.88. The zero-order valence-electron chi connectivity index (χ0n) is 15.8. The van der Waals surface area contributed by atoms with Gasteiger partial charge in [0.1, 0.15) is 0 Å². The van der Waals surface area contributed by atoms with Crippen molar-refractivity contribution in [3.05, 3.63) is 43.4 Å². The molecule has 4 heteroatoms. The van der Waals surface area contributed by atoms with Crippen LogP contribution in [0.1, 0.15) is 43.4 Å². The largest absolute Gasteiger partial charge is 0.192 e. The first-order valence-corrected chi connectivity index (χ1v) is 10.5. The van der Waals surface area contributed by atoms with Gasteiger partial charge in [-0.05, 0) is 114 Å². The van der Waals surface area contributed by atoms with E-state index in [0.29, 0.717) is 0 Å². The Labute approximate surface area is 138 Å². The number of hydrazine groups is 1. The van der Waals surface area contributed by atoms with Crippen LogP contribution in [0.15, 0.2) is 0 Å². The molecule has 0 saturated heterocycles. The van der Waals surface area contributed by atoms with Crippen molar-refractivity contribution in [3.8, 4) is 0 Å². The van der Waals surface area contributed by atoms with Crippen LogP contribution in [0, 0.1) is 55.4 Å². The summed E-state index contributed by atoms with van der Waals surface area (Å²) in [6.45, 7) is 18.4. The molecule has 0 aliphatic rings. The zero-order valence-corrected chi connectivity index (χ0v) is 17.6. The van der Waals surface area contributed by atoms with Crippen LogP contribution >= 0.6 is 15.4 Å². The Hall–Kier alpha value is -0.520. The lowest BCUT2D eigenvalue weighted by Gasteiger charge is -2.31. The molecule has 0 amide bonds. The van der Waals surface area contributed by atoms with Crippen LogP contribution in [-0.4, -0.2) is 14.1 Å². The van der Waals surface area contributed by atoms with Crippen LogP contribution in [-0.2, 0) is 0 Å². The Balaban J connectivity index is 2.54. The molecule has 0 unspecified atom stereocenters. The van der Waals surface area contributed by atoms with Crippen molar-refractivity contribution in [2.75, 3.05) is 23.7 Å². The smallest absolute Gasteiger partial charge is 0.0112 e. The fourth-order valence-electron chi connectivity index (χ4n) is 3.35. The second-order valence-electron chi connectivity index (χ2n) is 6.44. The molecule has 2 nitrogen and oxygen atoms in total. The second-order valence-corrected chi connectivity index (χ2v) is 11.5. The van der Waals surface area contributed by atoms with Crippen LogP contribution in [0.3, 0.4) is 0 Å².